The number of ether oxygens (including phenoxy) is 1. The predicted octanol–water partition coefficient (Wildman–Crippen LogP) is 8.33. The molecule has 1 aromatic carbocycles. The summed E-state index contributed by atoms with van der Waals surface area (Å²) in [5.74, 6) is 0.974. The molecule has 0 amide bonds. The summed E-state index contributed by atoms with van der Waals surface area (Å²) in [6.07, 6.45) is 10.1. The maximum atomic E-state index is 9.37. The molecule has 0 saturated carbocycles. The first-order valence-corrected chi connectivity index (χ1v) is 11.8. The minimum Gasteiger partial charge on any atom is -0.497 e. The second-order valence-electron chi connectivity index (χ2n) is 7.54. The lowest BCUT2D eigenvalue weighted by Crippen LogP contribution is -1.93. The molecule has 0 heterocycles. The Morgan fingerprint density at radius 1 is 1.19 bits per heavy atom. The smallest absolute Gasteiger partial charge is 0.303 e. The maximum Gasteiger partial charge on any atom is 0.303 e. The van der Waals surface area contributed by atoms with Crippen molar-refractivity contribution in [3.8, 4) is 5.75 Å². The minimum atomic E-state index is -0.745. The Balaban J connectivity index is 0. The van der Waals surface area contributed by atoms with Crippen LogP contribution in [-0.2, 0) is 4.79 Å². The number of aliphatic carboxylic acids is 1. The SMILES string of the molecule is CC/C(C)=C(/C=NC)c1ccc(OC)cc1Cl.CCC(=O)O.CCCCCC(C)CC. The highest BCUT2D eigenvalue weighted by molar-refractivity contribution is 6.34. The van der Waals surface area contributed by atoms with Crippen LogP contribution < -0.4 is 4.74 Å². The molecule has 31 heavy (non-hydrogen) atoms. The molecular weight excluding hydrogens is 410 g/mol. The molecule has 0 bridgehead atoms. The first-order valence-electron chi connectivity index (χ1n) is 11.4. The van der Waals surface area contributed by atoms with Crippen LogP contribution in [0.2, 0.25) is 5.02 Å². The van der Waals surface area contributed by atoms with Gasteiger partial charge in [0.25, 0.3) is 0 Å². The number of hydrogen-bond donors (Lipinski definition) is 1. The highest BCUT2D eigenvalue weighted by Crippen LogP contribution is 2.29. The lowest BCUT2D eigenvalue weighted by Gasteiger charge is -2.10. The van der Waals surface area contributed by atoms with E-state index in [0.717, 1.165) is 29.2 Å². The van der Waals surface area contributed by atoms with Gasteiger partial charge in [-0.25, -0.2) is 0 Å². The largest absolute Gasteiger partial charge is 0.497 e. The zero-order valence-corrected chi connectivity index (χ0v) is 21.7. The normalized spacial score (nSPS) is 12.2. The third-order valence-corrected chi connectivity index (χ3v) is 5.33. The van der Waals surface area contributed by atoms with Crippen LogP contribution in [0.3, 0.4) is 0 Å². The quantitative estimate of drug-likeness (QED) is 0.286. The summed E-state index contributed by atoms with van der Waals surface area (Å²) < 4.78 is 5.14. The summed E-state index contributed by atoms with van der Waals surface area (Å²) in [6, 6.07) is 5.70. The average molecular weight is 454 g/mol. The number of nitrogens with zero attached hydrogens (tertiary/aromatic N) is 1. The molecule has 0 aliphatic rings. The van der Waals surface area contributed by atoms with Crippen LogP contribution in [0, 0.1) is 5.92 Å². The van der Waals surface area contributed by atoms with Crippen molar-refractivity contribution in [1.29, 1.82) is 0 Å². The van der Waals surface area contributed by atoms with Crippen molar-refractivity contribution in [2.24, 2.45) is 10.9 Å². The summed E-state index contributed by atoms with van der Waals surface area (Å²) in [4.78, 5) is 13.5. The molecule has 1 atom stereocenters. The van der Waals surface area contributed by atoms with Gasteiger partial charge in [0.1, 0.15) is 5.75 Å². The van der Waals surface area contributed by atoms with Crippen LogP contribution in [0.5, 0.6) is 5.75 Å². The van der Waals surface area contributed by atoms with Gasteiger partial charge in [-0.05, 0) is 43.0 Å². The lowest BCUT2D eigenvalue weighted by atomic mass is 10.00. The number of rotatable bonds is 10. The van der Waals surface area contributed by atoms with E-state index in [1.54, 1.807) is 21.1 Å². The molecule has 178 valence electrons. The molecule has 0 saturated heterocycles. The van der Waals surface area contributed by atoms with Crippen LogP contribution in [0.15, 0.2) is 28.8 Å². The van der Waals surface area contributed by atoms with E-state index in [-0.39, 0.29) is 6.42 Å². The van der Waals surface area contributed by atoms with Gasteiger partial charge in [0, 0.05) is 25.2 Å². The van der Waals surface area contributed by atoms with E-state index in [0.29, 0.717) is 5.02 Å². The van der Waals surface area contributed by atoms with Gasteiger partial charge in [-0.1, -0.05) is 83.9 Å². The first-order chi connectivity index (χ1) is 14.7. The predicted molar refractivity (Wildman–Crippen MR) is 137 cm³/mol. The molecule has 0 radical (unpaired) electrons. The maximum absolute atomic E-state index is 9.37. The van der Waals surface area contributed by atoms with Crippen molar-refractivity contribution in [1.82, 2.24) is 0 Å². The lowest BCUT2D eigenvalue weighted by molar-refractivity contribution is -0.136. The third kappa shape index (κ3) is 15.6. The number of aliphatic imine (C=N–C) groups is 1. The number of benzene rings is 1. The monoisotopic (exact) mass is 453 g/mol. The van der Waals surface area contributed by atoms with E-state index in [1.807, 2.05) is 24.4 Å². The Kier molecular flexibility index (Phi) is 20.4. The molecular formula is C26H44ClNO3. The molecule has 0 aliphatic heterocycles. The summed E-state index contributed by atoms with van der Waals surface area (Å²) in [6.45, 7) is 12.7. The van der Waals surface area contributed by atoms with Crippen LogP contribution in [-0.4, -0.2) is 31.4 Å². The minimum absolute atomic E-state index is 0.222. The molecule has 5 heteroatoms. The first kappa shape index (κ1) is 31.4. The van der Waals surface area contributed by atoms with E-state index in [9.17, 15) is 4.79 Å². The molecule has 0 fully saturated rings. The van der Waals surface area contributed by atoms with E-state index >= 15 is 0 Å². The second kappa shape index (κ2) is 20.1. The summed E-state index contributed by atoms with van der Waals surface area (Å²) in [5, 5.41) is 8.41. The second-order valence-corrected chi connectivity index (χ2v) is 7.94. The summed E-state index contributed by atoms with van der Waals surface area (Å²) in [7, 11) is 3.40. The van der Waals surface area contributed by atoms with Crippen molar-refractivity contribution in [2.75, 3.05) is 14.2 Å². The summed E-state index contributed by atoms with van der Waals surface area (Å²) in [5.41, 5.74) is 3.35. The van der Waals surface area contributed by atoms with Gasteiger partial charge < -0.3 is 9.84 Å². The number of carboxylic acid groups (broad SMARTS) is 1. The molecule has 0 spiro atoms. The Morgan fingerprint density at radius 2 is 1.81 bits per heavy atom. The van der Waals surface area contributed by atoms with Gasteiger partial charge in [0.15, 0.2) is 0 Å². The van der Waals surface area contributed by atoms with Gasteiger partial charge >= 0.3 is 5.97 Å². The average Bonchev–Trinajstić information content (AvgIpc) is 2.78. The topological polar surface area (TPSA) is 58.9 Å². The molecule has 0 aliphatic carbocycles. The van der Waals surface area contributed by atoms with E-state index < -0.39 is 5.97 Å². The van der Waals surface area contributed by atoms with Crippen molar-refractivity contribution in [2.45, 2.75) is 86.5 Å². The molecule has 0 aromatic heterocycles. The summed E-state index contributed by atoms with van der Waals surface area (Å²) >= 11 is 6.26. The van der Waals surface area contributed by atoms with Crippen molar-refractivity contribution in [3.05, 3.63) is 34.4 Å². The molecule has 1 rings (SSSR count). The highest BCUT2D eigenvalue weighted by atomic mass is 35.5. The molecule has 1 N–H and O–H groups in total. The Morgan fingerprint density at radius 3 is 2.19 bits per heavy atom. The Labute approximate surface area is 195 Å². The fourth-order valence-corrected chi connectivity index (χ4v) is 2.79. The van der Waals surface area contributed by atoms with Crippen LogP contribution >= 0.6 is 11.6 Å². The van der Waals surface area contributed by atoms with E-state index in [2.05, 4.69) is 39.6 Å². The third-order valence-electron chi connectivity index (χ3n) is 5.01. The van der Waals surface area contributed by atoms with Crippen LogP contribution in [0.1, 0.15) is 92.1 Å². The molecule has 1 unspecified atom stereocenters. The number of unbranched alkanes of at least 4 members (excludes halogenated alkanes) is 2. The zero-order valence-electron chi connectivity index (χ0n) is 20.9. The van der Waals surface area contributed by atoms with Gasteiger partial charge in [0.2, 0.25) is 0 Å². The number of carbonyl (C=O) groups is 1. The Hall–Kier alpha value is -1.81. The number of hydrogen-bond acceptors (Lipinski definition) is 3. The fourth-order valence-electron chi connectivity index (χ4n) is 2.52. The van der Waals surface area contributed by atoms with Crippen LogP contribution in [0.4, 0.5) is 0 Å². The van der Waals surface area contributed by atoms with Gasteiger partial charge in [-0.3, -0.25) is 9.79 Å². The molecule has 4 nitrogen and oxygen atoms in total. The number of halogens is 1. The van der Waals surface area contributed by atoms with Gasteiger partial charge in [0.05, 0.1) is 12.1 Å². The van der Waals surface area contributed by atoms with Crippen molar-refractivity contribution >= 4 is 29.4 Å². The molecule has 1 aromatic rings. The van der Waals surface area contributed by atoms with Gasteiger partial charge in [-0.15, -0.1) is 0 Å². The zero-order chi connectivity index (χ0) is 24.2. The standard InChI is InChI=1S/C14H18ClNO.C9H20.C3H6O2/c1-5-10(2)13(9-16-3)12-7-6-11(17-4)8-14(12)15;1-4-6-7-8-9(3)5-2;1-2-3(4)5/h6-9H,5H2,1-4H3;9H,4-8H2,1-3H3;2H2,1H3,(H,4,5)/b13-10-,16-9?;;. The number of allylic oxidation sites excluding steroid dienone is 2. The van der Waals surface area contributed by atoms with E-state index in [4.69, 9.17) is 21.4 Å². The van der Waals surface area contributed by atoms with Crippen LogP contribution in [0.25, 0.3) is 5.57 Å². The highest BCUT2D eigenvalue weighted by Gasteiger charge is 2.08. The fraction of sp³-hybridized carbons (Fsp3) is 0.615. The van der Waals surface area contributed by atoms with Crippen molar-refractivity contribution < 1.29 is 14.6 Å². The van der Waals surface area contributed by atoms with E-state index in [1.165, 1.54) is 37.7 Å². The van der Waals surface area contributed by atoms with Gasteiger partial charge in [-0.2, -0.15) is 0 Å². The number of methoxy groups -OCH3 is 1. The van der Waals surface area contributed by atoms with Crippen molar-refractivity contribution in [3.63, 3.8) is 0 Å². The Bertz CT molecular complexity index is 669. The number of carboxylic acids is 1.